The van der Waals surface area contributed by atoms with Crippen molar-refractivity contribution in [3.8, 4) is 5.75 Å². The summed E-state index contributed by atoms with van der Waals surface area (Å²) in [5, 5.41) is 2.87. The van der Waals surface area contributed by atoms with E-state index < -0.39 is 0 Å². The summed E-state index contributed by atoms with van der Waals surface area (Å²) < 4.78 is 5.06. The first kappa shape index (κ1) is 12.8. The zero-order valence-corrected chi connectivity index (χ0v) is 10.3. The fourth-order valence-electron chi connectivity index (χ4n) is 1.38. The van der Waals surface area contributed by atoms with Gasteiger partial charge in [-0.2, -0.15) is 0 Å². The average Bonchev–Trinajstić information content (AvgIpc) is 2.29. The molecular formula is C12H16ClNO2. The summed E-state index contributed by atoms with van der Waals surface area (Å²) in [6.07, 6.45) is 0.349. The third kappa shape index (κ3) is 3.74. The van der Waals surface area contributed by atoms with Gasteiger partial charge in [-0.15, -0.1) is 11.6 Å². The normalized spacial score (nSPS) is 11.9. The molecule has 0 radical (unpaired) electrons. The first-order valence-corrected chi connectivity index (χ1v) is 5.70. The maximum absolute atomic E-state index is 11.3. The van der Waals surface area contributed by atoms with Crippen molar-refractivity contribution >= 4 is 17.5 Å². The molecule has 0 saturated carbocycles. The maximum Gasteiger partial charge on any atom is 0.221 e. The minimum atomic E-state index is -0.0293. The van der Waals surface area contributed by atoms with E-state index in [9.17, 15) is 4.79 Å². The van der Waals surface area contributed by atoms with Gasteiger partial charge in [-0.1, -0.05) is 12.1 Å². The van der Waals surface area contributed by atoms with Crippen molar-refractivity contribution < 1.29 is 9.53 Å². The summed E-state index contributed by atoms with van der Waals surface area (Å²) >= 11 is 5.49. The number of methoxy groups -OCH3 is 1. The van der Waals surface area contributed by atoms with E-state index in [4.69, 9.17) is 16.3 Å². The summed E-state index contributed by atoms with van der Waals surface area (Å²) in [6.45, 7) is 1.94. The van der Waals surface area contributed by atoms with Crippen LogP contribution in [0.25, 0.3) is 0 Å². The zero-order valence-electron chi connectivity index (χ0n) is 9.50. The number of benzene rings is 1. The van der Waals surface area contributed by atoms with Crippen LogP contribution in [0.1, 0.15) is 24.9 Å². The van der Waals surface area contributed by atoms with Crippen LogP contribution in [0.5, 0.6) is 5.75 Å². The van der Waals surface area contributed by atoms with E-state index in [-0.39, 0.29) is 11.9 Å². The molecule has 3 nitrogen and oxygen atoms in total. The molecule has 1 aromatic carbocycles. The quantitative estimate of drug-likeness (QED) is 0.805. The van der Waals surface area contributed by atoms with Crippen LogP contribution in [0.15, 0.2) is 24.3 Å². The SMILES string of the molecule is COc1ccc([C@@H](C)NC(=O)CCCl)cc1. The summed E-state index contributed by atoms with van der Waals surface area (Å²) in [5.41, 5.74) is 1.05. The van der Waals surface area contributed by atoms with Crippen LogP contribution in [-0.2, 0) is 4.79 Å². The molecule has 1 rings (SSSR count). The number of halogens is 1. The van der Waals surface area contributed by atoms with Gasteiger partial charge < -0.3 is 10.1 Å². The molecule has 0 fully saturated rings. The van der Waals surface area contributed by atoms with Crippen LogP contribution in [0.3, 0.4) is 0 Å². The molecule has 0 aliphatic heterocycles. The van der Waals surface area contributed by atoms with Gasteiger partial charge in [0.1, 0.15) is 5.75 Å². The topological polar surface area (TPSA) is 38.3 Å². The van der Waals surface area contributed by atoms with Crippen LogP contribution < -0.4 is 10.1 Å². The van der Waals surface area contributed by atoms with E-state index in [1.807, 2.05) is 31.2 Å². The third-order valence-electron chi connectivity index (χ3n) is 2.31. The molecule has 1 aromatic rings. The highest BCUT2D eigenvalue weighted by atomic mass is 35.5. The minimum Gasteiger partial charge on any atom is -0.497 e. The Labute approximate surface area is 101 Å². The summed E-state index contributed by atoms with van der Waals surface area (Å²) in [6, 6.07) is 7.61. The van der Waals surface area contributed by atoms with Gasteiger partial charge in [-0.25, -0.2) is 0 Å². The van der Waals surface area contributed by atoms with Crippen molar-refractivity contribution in [2.45, 2.75) is 19.4 Å². The van der Waals surface area contributed by atoms with Gasteiger partial charge in [-0.3, -0.25) is 4.79 Å². The third-order valence-corrected chi connectivity index (χ3v) is 2.50. The first-order valence-electron chi connectivity index (χ1n) is 5.16. The molecule has 0 spiro atoms. The maximum atomic E-state index is 11.3. The number of carbonyl (C=O) groups is 1. The predicted octanol–water partition coefficient (Wildman–Crippen LogP) is 2.50. The molecule has 1 N–H and O–H groups in total. The van der Waals surface area contributed by atoms with Crippen LogP contribution in [-0.4, -0.2) is 18.9 Å². The van der Waals surface area contributed by atoms with E-state index >= 15 is 0 Å². The monoisotopic (exact) mass is 241 g/mol. The summed E-state index contributed by atoms with van der Waals surface area (Å²) in [5.74, 6) is 1.13. The van der Waals surface area contributed by atoms with E-state index in [1.54, 1.807) is 7.11 Å². The van der Waals surface area contributed by atoms with Gasteiger partial charge in [0, 0.05) is 12.3 Å². The second-order valence-corrected chi connectivity index (χ2v) is 3.88. The highest BCUT2D eigenvalue weighted by molar-refractivity contribution is 6.18. The predicted molar refractivity (Wildman–Crippen MR) is 64.9 cm³/mol. The number of hydrogen-bond acceptors (Lipinski definition) is 2. The van der Waals surface area contributed by atoms with Crippen LogP contribution in [0.4, 0.5) is 0 Å². The Morgan fingerprint density at radius 1 is 1.44 bits per heavy atom. The van der Waals surface area contributed by atoms with E-state index in [0.717, 1.165) is 11.3 Å². The first-order chi connectivity index (χ1) is 7.67. The Morgan fingerprint density at radius 3 is 2.56 bits per heavy atom. The Hall–Kier alpha value is -1.22. The van der Waals surface area contributed by atoms with Gasteiger partial charge in [0.25, 0.3) is 0 Å². The molecule has 0 bridgehead atoms. The molecule has 1 atom stereocenters. The van der Waals surface area contributed by atoms with Crippen molar-refractivity contribution in [1.29, 1.82) is 0 Å². The van der Waals surface area contributed by atoms with Crippen LogP contribution in [0.2, 0.25) is 0 Å². The van der Waals surface area contributed by atoms with Gasteiger partial charge in [0.05, 0.1) is 13.2 Å². The Balaban J connectivity index is 2.58. The van der Waals surface area contributed by atoms with Crippen molar-refractivity contribution in [1.82, 2.24) is 5.32 Å². The van der Waals surface area contributed by atoms with E-state index in [2.05, 4.69) is 5.32 Å². The molecule has 1 amide bonds. The Bertz CT molecular complexity index is 337. The second-order valence-electron chi connectivity index (χ2n) is 3.50. The molecule has 0 aliphatic carbocycles. The van der Waals surface area contributed by atoms with E-state index in [0.29, 0.717) is 12.3 Å². The number of ether oxygens (including phenoxy) is 1. The van der Waals surface area contributed by atoms with Gasteiger partial charge in [-0.05, 0) is 24.6 Å². The van der Waals surface area contributed by atoms with Crippen molar-refractivity contribution in [2.24, 2.45) is 0 Å². The lowest BCUT2D eigenvalue weighted by molar-refractivity contribution is -0.121. The standard InChI is InChI=1S/C12H16ClNO2/c1-9(14-12(15)7-8-13)10-3-5-11(16-2)6-4-10/h3-6,9H,7-8H2,1-2H3,(H,14,15)/t9-/m1/s1. The van der Waals surface area contributed by atoms with E-state index in [1.165, 1.54) is 0 Å². The lowest BCUT2D eigenvalue weighted by atomic mass is 10.1. The highest BCUT2D eigenvalue weighted by Gasteiger charge is 2.08. The number of alkyl halides is 1. The van der Waals surface area contributed by atoms with Crippen molar-refractivity contribution in [3.63, 3.8) is 0 Å². The molecule has 0 heterocycles. The van der Waals surface area contributed by atoms with Crippen LogP contribution in [0, 0.1) is 0 Å². The number of carbonyl (C=O) groups excluding carboxylic acids is 1. The molecule has 0 saturated heterocycles. The average molecular weight is 242 g/mol. The minimum absolute atomic E-state index is 0.0124. The van der Waals surface area contributed by atoms with Crippen LogP contribution >= 0.6 is 11.6 Å². The lowest BCUT2D eigenvalue weighted by Gasteiger charge is -2.14. The highest BCUT2D eigenvalue weighted by Crippen LogP contribution is 2.17. The Morgan fingerprint density at radius 2 is 2.06 bits per heavy atom. The fraction of sp³-hybridized carbons (Fsp3) is 0.417. The number of rotatable bonds is 5. The van der Waals surface area contributed by atoms with Gasteiger partial charge >= 0.3 is 0 Å². The molecule has 0 unspecified atom stereocenters. The molecule has 16 heavy (non-hydrogen) atoms. The number of amides is 1. The number of nitrogens with one attached hydrogen (secondary N) is 1. The molecule has 4 heteroatoms. The van der Waals surface area contributed by atoms with Crippen molar-refractivity contribution in [3.05, 3.63) is 29.8 Å². The molecular weight excluding hydrogens is 226 g/mol. The second kappa shape index (κ2) is 6.38. The lowest BCUT2D eigenvalue weighted by Crippen LogP contribution is -2.26. The number of hydrogen-bond donors (Lipinski definition) is 1. The smallest absolute Gasteiger partial charge is 0.221 e. The zero-order chi connectivity index (χ0) is 12.0. The molecule has 88 valence electrons. The molecule has 0 aromatic heterocycles. The Kier molecular flexibility index (Phi) is 5.12. The fourth-order valence-corrected chi connectivity index (χ4v) is 1.55. The van der Waals surface area contributed by atoms with Gasteiger partial charge in [0.2, 0.25) is 5.91 Å². The summed E-state index contributed by atoms with van der Waals surface area (Å²) in [4.78, 5) is 11.3. The molecule has 0 aliphatic rings. The van der Waals surface area contributed by atoms with Gasteiger partial charge in [0.15, 0.2) is 0 Å². The largest absolute Gasteiger partial charge is 0.497 e. The summed E-state index contributed by atoms with van der Waals surface area (Å²) in [7, 11) is 1.63. The van der Waals surface area contributed by atoms with Crippen molar-refractivity contribution in [2.75, 3.05) is 13.0 Å².